The van der Waals surface area contributed by atoms with Crippen molar-refractivity contribution in [2.24, 2.45) is 0 Å². The summed E-state index contributed by atoms with van der Waals surface area (Å²) in [6.45, 7) is 3.65. The monoisotopic (exact) mass is 317 g/mol. The zero-order valence-electron chi connectivity index (χ0n) is 13.7. The van der Waals surface area contributed by atoms with Crippen LogP contribution in [0.3, 0.4) is 0 Å². The van der Waals surface area contributed by atoms with Crippen LogP contribution in [-0.2, 0) is 9.59 Å². The Labute approximate surface area is 136 Å². The number of carbonyl (C=O) groups is 2. The van der Waals surface area contributed by atoms with E-state index in [1.165, 1.54) is 26.2 Å². The van der Waals surface area contributed by atoms with Crippen molar-refractivity contribution in [2.45, 2.75) is 32.2 Å². The van der Waals surface area contributed by atoms with E-state index in [0.717, 1.165) is 24.5 Å². The van der Waals surface area contributed by atoms with Gasteiger partial charge in [0, 0.05) is 32.7 Å². The summed E-state index contributed by atoms with van der Waals surface area (Å²) in [5.74, 6) is 0.282. The molecule has 1 fully saturated rings. The van der Waals surface area contributed by atoms with Gasteiger partial charge in [0.15, 0.2) is 0 Å². The van der Waals surface area contributed by atoms with Gasteiger partial charge in [0.1, 0.15) is 18.4 Å². The minimum atomic E-state index is -0.650. The molecule has 124 valence electrons. The quantitative estimate of drug-likeness (QED) is 0.899. The van der Waals surface area contributed by atoms with E-state index in [4.69, 9.17) is 4.74 Å². The van der Waals surface area contributed by atoms with Crippen LogP contribution in [0.15, 0.2) is 18.2 Å². The highest BCUT2D eigenvalue weighted by atomic mass is 16.5. The average molecular weight is 317 g/mol. The molecule has 3 rings (SSSR count). The number of nitrogens with zero attached hydrogens (tertiary/aromatic N) is 2. The first-order valence-electron chi connectivity index (χ1n) is 8.13. The van der Waals surface area contributed by atoms with E-state index in [0.29, 0.717) is 5.75 Å². The standard InChI is InChI=1S/C17H23N3O3/c1-12(21)18-14-11-23-16-7-6-13(20-8-4-3-5-9-20)10-15(16)19(2)17(14)22/h6-7,10,14H,3-5,8-9,11H2,1-2H3,(H,18,21). The molecule has 1 saturated heterocycles. The van der Waals surface area contributed by atoms with Crippen LogP contribution >= 0.6 is 0 Å². The molecule has 6 heteroatoms. The molecule has 2 heterocycles. The summed E-state index contributed by atoms with van der Waals surface area (Å²) in [4.78, 5) is 27.7. The van der Waals surface area contributed by atoms with Crippen LogP contribution in [0.4, 0.5) is 11.4 Å². The van der Waals surface area contributed by atoms with Crippen LogP contribution in [0, 0.1) is 0 Å². The molecule has 23 heavy (non-hydrogen) atoms. The molecule has 1 atom stereocenters. The van der Waals surface area contributed by atoms with Crippen molar-refractivity contribution in [1.82, 2.24) is 5.32 Å². The average Bonchev–Trinajstić information content (AvgIpc) is 2.67. The molecule has 0 radical (unpaired) electrons. The second kappa shape index (κ2) is 6.48. The second-order valence-electron chi connectivity index (χ2n) is 6.16. The summed E-state index contributed by atoms with van der Waals surface area (Å²) in [6, 6.07) is 5.32. The third-order valence-electron chi connectivity index (χ3n) is 4.44. The third kappa shape index (κ3) is 3.25. The van der Waals surface area contributed by atoms with Gasteiger partial charge in [0.25, 0.3) is 5.91 Å². The van der Waals surface area contributed by atoms with Gasteiger partial charge < -0.3 is 19.9 Å². The molecule has 2 aliphatic rings. The van der Waals surface area contributed by atoms with E-state index < -0.39 is 6.04 Å². The van der Waals surface area contributed by atoms with Crippen LogP contribution in [0.25, 0.3) is 0 Å². The van der Waals surface area contributed by atoms with Gasteiger partial charge in [-0.1, -0.05) is 0 Å². The summed E-state index contributed by atoms with van der Waals surface area (Å²) >= 11 is 0. The van der Waals surface area contributed by atoms with Gasteiger partial charge in [-0.05, 0) is 37.5 Å². The highest BCUT2D eigenvalue weighted by Crippen LogP contribution is 2.35. The molecule has 1 aromatic rings. The summed E-state index contributed by atoms with van der Waals surface area (Å²) in [5.41, 5.74) is 1.87. The number of ether oxygens (including phenoxy) is 1. The summed E-state index contributed by atoms with van der Waals surface area (Å²) < 4.78 is 5.75. The van der Waals surface area contributed by atoms with Crippen LogP contribution in [0.2, 0.25) is 0 Å². The number of fused-ring (bicyclic) bond motifs is 1. The first kappa shape index (κ1) is 15.6. The Bertz CT molecular complexity index is 611. The maximum absolute atomic E-state index is 12.5. The van der Waals surface area contributed by atoms with Gasteiger partial charge in [-0.25, -0.2) is 0 Å². The Balaban J connectivity index is 1.86. The van der Waals surface area contributed by atoms with Crippen molar-refractivity contribution >= 4 is 23.2 Å². The fourth-order valence-corrected chi connectivity index (χ4v) is 3.18. The topological polar surface area (TPSA) is 61.9 Å². The second-order valence-corrected chi connectivity index (χ2v) is 6.16. The number of hydrogen-bond donors (Lipinski definition) is 1. The van der Waals surface area contributed by atoms with Crippen molar-refractivity contribution in [2.75, 3.05) is 36.5 Å². The van der Waals surface area contributed by atoms with E-state index in [2.05, 4.69) is 10.2 Å². The number of hydrogen-bond acceptors (Lipinski definition) is 4. The van der Waals surface area contributed by atoms with Gasteiger partial charge in [0.2, 0.25) is 5.91 Å². The fourth-order valence-electron chi connectivity index (χ4n) is 3.18. The molecule has 1 aromatic carbocycles. The van der Waals surface area contributed by atoms with E-state index in [9.17, 15) is 9.59 Å². The van der Waals surface area contributed by atoms with Gasteiger partial charge in [-0.3, -0.25) is 9.59 Å². The minimum Gasteiger partial charge on any atom is -0.489 e. The van der Waals surface area contributed by atoms with Crippen molar-refractivity contribution in [3.8, 4) is 5.75 Å². The lowest BCUT2D eigenvalue weighted by molar-refractivity contribution is -0.126. The number of anilines is 2. The van der Waals surface area contributed by atoms with Crippen LogP contribution in [0.5, 0.6) is 5.75 Å². The zero-order valence-corrected chi connectivity index (χ0v) is 13.7. The predicted octanol–water partition coefficient (Wildman–Crippen LogP) is 1.54. The highest BCUT2D eigenvalue weighted by molar-refractivity contribution is 6.00. The molecule has 2 aliphatic heterocycles. The maximum atomic E-state index is 12.5. The number of nitrogens with one attached hydrogen (secondary N) is 1. The number of benzene rings is 1. The molecule has 0 bridgehead atoms. The Hall–Kier alpha value is -2.24. The minimum absolute atomic E-state index is 0.152. The van der Waals surface area contributed by atoms with Crippen molar-refractivity contribution < 1.29 is 14.3 Å². The number of likely N-dealkylation sites (N-methyl/N-ethyl adjacent to an activating group) is 1. The van der Waals surface area contributed by atoms with Crippen LogP contribution in [-0.4, -0.2) is 44.6 Å². The lowest BCUT2D eigenvalue weighted by Crippen LogP contribution is -2.48. The normalized spacial score (nSPS) is 21.3. The van der Waals surface area contributed by atoms with Gasteiger partial charge in [-0.2, -0.15) is 0 Å². The van der Waals surface area contributed by atoms with Crippen molar-refractivity contribution in [3.05, 3.63) is 18.2 Å². The molecule has 0 aromatic heterocycles. The maximum Gasteiger partial charge on any atom is 0.252 e. The van der Waals surface area contributed by atoms with Crippen molar-refractivity contribution in [3.63, 3.8) is 0 Å². The smallest absolute Gasteiger partial charge is 0.252 e. The lowest BCUT2D eigenvalue weighted by atomic mass is 10.1. The van der Waals surface area contributed by atoms with E-state index in [1.807, 2.05) is 18.2 Å². The molecule has 1 N–H and O–H groups in total. The number of amides is 2. The highest BCUT2D eigenvalue weighted by Gasteiger charge is 2.30. The number of rotatable bonds is 2. The molecule has 2 amide bonds. The lowest BCUT2D eigenvalue weighted by Gasteiger charge is -2.30. The van der Waals surface area contributed by atoms with Crippen LogP contribution in [0.1, 0.15) is 26.2 Å². The first-order valence-corrected chi connectivity index (χ1v) is 8.13. The van der Waals surface area contributed by atoms with E-state index >= 15 is 0 Å². The van der Waals surface area contributed by atoms with Gasteiger partial charge >= 0.3 is 0 Å². The molecule has 0 aliphatic carbocycles. The summed E-state index contributed by atoms with van der Waals surface area (Å²) in [5, 5.41) is 2.65. The Kier molecular flexibility index (Phi) is 4.41. The van der Waals surface area contributed by atoms with E-state index in [-0.39, 0.29) is 18.4 Å². The first-order chi connectivity index (χ1) is 11.1. The molecule has 6 nitrogen and oxygen atoms in total. The summed E-state index contributed by atoms with van der Waals surface area (Å²) in [7, 11) is 1.73. The van der Waals surface area contributed by atoms with Crippen molar-refractivity contribution in [1.29, 1.82) is 0 Å². The molecule has 0 saturated carbocycles. The van der Waals surface area contributed by atoms with Gasteiger partial charge in [0.05, 0.1) is 5.69 Å². The predicted molar refractivity (Wildman–Crippen MR) is 89.0 cm³/mol. The fraction of sp³-hybridized carbons (Fsp3) is 0.529. The Morgan fingerprint density at radius 1 is 1.26 bits per heavy atom. The zero-order chi connectivity index (χ0) is 16.4. The number of carbonyl (C=O) groups excluding carboxylic acids is 2. The summed E-state index contributed by atoms with van der Waals surface area (Å²) in [6.07, 6.45) is 3.68. The Morgan fingerprint density at radius 3 is 2.70 bits per heavy atom. The third-order valence-corrected chi connectivity index (χ3v) is 4.44. The van der Waals surface area contributed by atoms with Crippen LogP contribution < -0.4 is 19.9 Å². The van der Waals surface area contributed by atoms with E-state index in [1.54, 1.807) is 11.9 Å². The van der Waals surface area contributed by atoms with Gasteiger partial charge in [-0.15, -0.1) is 0 Å². The molecule has 0 spiro atoms. The Morgan fingerprint density at radius 2 is 2.00 bits per heavy atom. The molecule has 1 unspecified atom stereocenters. The molecular formula is C17H23N3O3. The molecular weight excluding hydrogens is 294 g/mol. The largest absolute Gasteiger partial charge is 0.489 e. The SMILES string of the molecule is CC(=O)NC1COc2ccc(N3CCCCC3)cc2N(C)C1=O. The number of piperidine rings is 1.